The van der Waals surface area contributed by atoms with Crippen LogP contribution >= 0.6 is 0 Å². The second-order valence-electron chi connectivity index (χ2n) is 5.68. The van der Waals surface area contributed by atoms with E-state index in [9.17, 15) is 18.0 Å². The molecule has 0 aliphatic heterocycles. The number of rotatable bonds is 4. The first kappa shape index (κ1) is 16.2. The molecule has 2 aromatic rings. The monoisotopic (exact) mass is 332 g/mol. The summed E-state index contributed by atoms with van der Waals surface area (Å²) in [5.41, 5.74) is 2.56. The lowest BCUT2D eigenvalue weighted by atomic mass is 10.1. The summed E-state index contributed by atoms with van der Waals surface area (Å²) >= 11 is 0. The predicted octanol–water partition coefficient (Wildman–Crippen LogP) is 3.96. The van der Waals surface area contributed by atoms with Crippen LogP contribution in [0.15, 0.2) is 59.7 Å². The van der Waals surface area contributed by atoms with Crippen molar-refractivity contribution in [1.29, 1.82) is 0 Å². The van der Waals surface area contributed by atoms with Gasteiger partial charge in [-0.05, 0) is 24.0 Å². The molecule has 2 atom stereocenters. The molecular formula is C18H15F3N2O. The van der Waals surface area contributed by atoms with Crippen LogP contribution in [0.25, 0.3) is 0 Å². The summed E-state index contributed by atoms with van der Waals surface area (Å²) in [6, 6.07) is 14.7. The third-order valence-corrected chi connectivity index (χ3v) is 4.00. The van der Waals surface area contributed by atoms with Crippen molar-refractivity contribution in [3.05, 3.63) is 71.3 Å². The molecule has 1 fully saturated rings. The zero-order valence-corrected chi connectivity index (χ0v) is 12.6. The molecule has 1 aliphatic rings. The molecule has 2 unspecified atom stereocenters. The number of hydrogen-bond acceptors (Lipinski definition) is 2. The van der Waals surface area contributed by atoms with Gasteiger partial charge < -0.3 is 0 Å². The maximum absolute atomic E-state index is 12.9. The Bertz CT molecular complexity index is 756. The molecule has 0 heterocycles. The SMILES string of the molecule is O=C(N/N=C/c1ccccc1C(F)(F)F)C1CC1c1ccccc1. The minimum atomic E-state index is -4.46. The van der Waals surface area contributed by atoms with E-state index < -0.39 is 11.7 Å². The van der Waals surface area contributed by atoms with Crippen molar-refractivity contribution in [1.82, 2.24) is 5.43 Å². The lowest BCUT2D eigenvalue weighted by molar-refractivity contribution is -0.137. The highest BCUT2D eigenvalue weighted by Crippen LogP contribution is 2.47. The minimum absolute atomic E-state index is 0.0827. The van der Waals surface area contributed by atoms with E-state index in [1.807, 2.05) is 30.3 Å². The van der Waals surface area contributed by atoms with Gasteiger partial charge in [0, 0.05) is 11.5 Å². The molecule has 3 nitrogen and oxygen atoms in total. The molecule has 0 radical (unpaired) electrons. The molecule has 1 saturated carbocycles. The number of hydrogen-bond donors (Lipinski definition) is 1. The summed E-state index contributed by atoms with van der Waals surface area (Å²) in [6.45, 7) is 0. The van der Waals surface area contributed by atoms with Gasteiger partial charge >= 0.3 is 6.18 Å². The Morgan fingerprint density at radius 1 is 1.08 bits per heavy atom. The van der Waals surface area contributed by atoms with Gasteiger partial charge in [0.15, 0.2) is 0 Å². The van der Waals surface area contributed by atoms with Gasteiger partial charge in [-0.25, -0.2) is 5.43 Å². The summed E-state index contributed by atoms with van der Waals surface area (Å²) in [4.78, 5) is 12.0. The van der Waals surface area contributed by atoms with E-state index >= 15 is 0 Å². The molecule has 2 aromatic carbocycles. The molecule has 0 saturated heterocycles. The zero-order chi connectivity index (χ0) is 17.2. The number of benzene rings is 2. The summed E-state index contributed by atoms with van der Waals surface area (Å²) in [7, 11) is 0. The normalized spacial score (nSPS) is 20.1. The van der Waals surface area contributed by atoms with Crippen molar-refractivity contribution in [2.24, 2.45) is 11.0 Å². The van der Waals surface area contributed by atoms with Crippen molar-refractivity contribution in [3.8, 4) is 0 Å². The van der Waals surface area contributed by atoms with Gasteiger partial charge in [-0.2, -0.15) is 18.3 Å². The topological polar surface area (TPSA) is 41.5 Å². The van der Waals surface area contributed by atoms with Gasteiger partial charge in [-0.3, -0.25) is 4.79 Å². The largest absolute Gasteiger partial charge is 0.417 e. The highest BCUT2D eigenvalue weighted by atomic mass is 19.4. The Balaban J connectivity index is 1.61. The Hall–Kier alpha value is -2.63. The van der Waals surface area contributed by atoms with E-state index in [-0.39, 0.29) is 23.3 Å². The van der Waals surface area contributed by atoms with E-state index in [0.717, 1.165) is 24.3 Å². The smallest absolute Gasteiger partial charge is 0.273 e. The summed E-state index contributed by atoms with van der Waals surface area (Å²) < 4.78 is 38.6. The van der Waals surface area contributed by atoms with Gasteiger partial charge in [0.05, 0.1) is 11.8 Å². The molecule has 1 aliphatic carbocycles. The van der Waals surface area contributed by atoms with Gasteiger partial charge in [-0.15, -0.1) is 0 Å². The second-order valence-corrected chi connectivity index (χ2v) is 5.68. The number of carbonyl (C=O) groups is 1. The first-order chi connectivity index (χ1) is 11.5. The Morgan fingerprint density at radius 3 is 2.46 bits per heavy atom. The van der Waals surface area contributed by atoms with Crippen LogP contribution in [0.2, 0.25) is 0 Å². The molecule has 1 amide bonds. The average molecular weight is 332 g/mol. The van der Waals surface area contributed by atoms with Crippen molar-refractivity contribution in [3.63, 3.8) is 0 Å². The molecule has 124 valence electrons. The molecule has 0 bridgehead atoms. The van der Waals surface area contributed by atoms with Crippen molar-refractivity contribution in [2.45, 2.75) is 18.5 Å². The van der Waals surface area contributed by atoms with Gasteiger partial charge in [0.1, 0.15) is 0 Å². The third kappa shape index (κ3) is 3.64. The maximum Gasteiger partial charge on any atom is 0.417 e. The number of nitrogens with one attached hydrogen (secondary N) is 1. The molecule has 24 heavy (non-hydrogen) atoms. The lowest BCUT2D eigenvalue weighted by Gasteiger charge is -2.09. The molecular weight excluding hydrogens is 317 g/mol. The lowest BCUT2D eigenvalue weighted by Crippen LogP contribution is -2.20. The van der Waals surface area contributed by atoms with Gasteiger partial charge in [0.25, 0.3) is 0 Å². The van der Waals surface area contributed by atoms with Crippen molar-refractivity contribution in [2.75, 3.05) is 0 Å². The fraction of sp³-hybridized carbons (Fsp3) is 0.222. The first-order valence-corrected chi connectivity index (χ1v) is 7.51. The van der Waals surface area contributed by atoms with Crippen LogP contribution in [0.4, 0.5) is 13.2 Å². The van der Waals surface area contributed by atoms with Crippen LogP contribution in [-0.4, -0.2) is 12.1 Å². The van der Waals surface area contributed by atoms with Gasteiger partial charge in [-0.1, -0.05) is 48.5 Å². The number of halogens is 3. The molecule has 1 N–H and O–H groups in total. The molecule has 0 spiro atoms. The molecule has 0 aromatic heterocycles. The van der Waals surface area contributed by atoms with Crippen LogP contribution in [0, 0.1) is 5.92 Å². The standard InChI is InChI=1S/C18H15F3N2O/c19-18(20,21)16-9-5-4-8-13(16)11-22-23-17(24)15-10-14(15)12-6-2-1-3-7-12/h1-9,11,14-15H,10H2,(H,23,24)/b22-11+. The molecule has 3 rings (SSSR count). The maximum atomic E-state index is 12.9. The Labute approximate surface area is 137 Å². The number of hydrazone groups is 1. The van der Waals surface area contributed by atoms with Crippen LogP contribution in [0.1, 0.15) is 29.0 Å². The Kier molecular flexibility index (Phi) is 4.38. The van der Waals surface area contributed by atoms with E-state index in [1.54, 1.807) is 0 Å². The van der Waals surface area contributed by atoms with E-state index in [1.165, 1.54) is 18.2 Å². The fourth-order valence-corrected chi connectivity index (χ4v) is 2.67. The highest BCUT2D eigenvalue weighted by molar-refractivity contribution is 5.86. The summed E-state index contributed by atoms with van der Waals surface area (Å²) in [5, 5.41) is 3.68. The van der Waals surface area contributed by atoms with Crippen LogP contribution in [-0.2, 0) is 11.0 Å². The quantitative estimate of drug-likeness (QED) is 0.668. The number of nitrogens with zero attached hydrogens (tertiary/aromatic N) is 1. The third-order valence-electron chi connectivity index (χ3n) is 4.00. The van der Waals surface area contributed by atoms with Gasteiger partial charge in [0.2, 0.25) is 5.91 Å². The van der Waals surface area contributed by atoms with E-state index in [0.29, 0.717) is 0 Å². The van der Waals surface area contributed by atoms with Crippen LogP contribution in [0.5, 0.6) is 0 Å². The van der Waals surface area contributed by atoms with Crippen molar-refractivity contribution < 1.29 is 18.0 Å². The highest BCUT2D eigenvalue weighted by Gasteiger charge is 2.43. The van der Waals surface area contributed by atoms with E-state index in [2.05, 4.69) is 10.5 Å². The fourth-order valence-electron chi connectivity index (χ4n) is 2.67. The van der Waals surface area contributed by atoms with Crippen LogP contribution < -0.4 is 5.43 Å². The second kappa shape index (κ2) is 6.47. The minimum Gasteiger partial charge on any atom is -0.273 e. The number of alkyl halides is 3. The van der Waals surface area contributed by atoms with Crippen molar-refractivity contribution >= 4 is 12.1 Å². The van der Waals surface area contributed by atoms with Crippen LogP contribution in [0.3, 0.4) is 0 Å². The predicted molar refractivity (Wildman–Crippen MR) is 84.5 cm³/mol. The first-order valence-electron chi connectivity index (χ1n) is 7.51. The number of amides is 1. The zero-order valence-electron chi connectivity index (χ0n) is 12.6. The average Bonchev–Trinajstić information content (AvgIpc) is 3.36. The summed E-state index contributed by atoms with van der Waals surface area (Å²) in [5.74, 6) is -0.295. The molecule has 6 heteroatoms. The summed E-state index contributed by atoms with van der Waals surface area (Å²) in [6.07, 6.45) is -2.70. The van der Waals surface area contributed by atoms with E-state index in [4.69, 9.17) is 0 Å². The Morgan fingerprint density at radius 2 is 1.75 bits per heavy atom. The number of carbonyl (C=O) groups excluding carboxylic acids is 1.